The summed E-state index contributed by atoms with van der Waals surface area (Å²) in [5.74, 6) is 0. The zero-order chi connectivity index (χ0) is 80.7. The Bertz CT molecular complexity index is 6240. The number of rotatable bonds is 0. The molecule has 0 amide bonds. The molecule has 14 aromatic rings. The number of hydrogen-bond acceptors (Lipinski definition) is 0. The van der Waals surface area contributed by atoms with Gasteiger partial charge in [0.25, 0.3) is 0 Å². The smallest absolute Gasteiger partial charge is 0.00106 e. The van der Waals surface area contributed by atoms with E-state index in [4.69, 9.17) is 0 Å². The highest BCUT2D eigenvalue weighted by Crippen LogP contribution is 2.49. The van der Waals surface area contributed by atoms with Gasteiger partial charge in [-0.15, -0.1) is 0 Å². The Morgan fingerprint density at radius 1 is 0.140 bits per heavy atom. The maximum Gasteiger partial charge on any atom is -0.00106 e. The van der Waals surface area contributed by atoms with Crippen LogP contribution in [0.3, 0.4) is 0 Å². The zero-order valence-electron chi connectivity index (χ0n) is 72.5. The zero-order valence-corrected chi connectivity index (χ0v) is 72.5. The Labute approximate surface area is 683 Å². The number of hydrogen-bond donors (Lipinski definition) is 0. The van der Waals surface area contributed by atoms with E-state index in [-0.39, 0.29) is 0 Å². The molecule has 21 rings (SSSR count). The highest BCUT2D eigenvalue weighted by molar-refractivity contribution is 5.88. The van der Waals surface area contributed by atoms with Gasteiger partial charge >= 0.3 is 0 Å². The molecule has 114 heavy (non-hydrogen) atoms. The first kappa shape index (κ1) is 78.4. The minimum Gasteiger partial charge on any atom is -0.0619 e. The summed E-state index contributed by atoms with van der Waals surface area (Å²) in [4.78, 5) is 0. The molecule has 0 unspecified atom stereocenters. The van der Waals surface area contributed by atoms with E-state index < -0.39 is 0 Å². The van der Waals surface area contributed by atoms with Crippen molar-refractivity contribution in [2.24, 2.45) is 0 Å². The Morgan fingerprint density at radius 3 is 1.12 bits per heavy atom. The predicted octanol–water partition coefficient (Wildman–Crippen LogP) is 29.9. The molecule has 0 nitrogen and oxygen atoms in total. The summed E-state index contributed by atoms with van der Waals surface area (Å²) in [5, 5.41) is 0. The molecule has 572 valence electrons. The molecule has 0 heterocycles. The average molecular weight is 1490 g/mol. The van der Waals surface area contributed by atoms with Gasteiger partial charge in [0.05, 0.1) is 0 Å². The lowest BCUT2D eigenvalue weighted by Crippen LogP contribution is -1.98. The molecule has 0 fully saturated rings. The van der Waals surface area contributed by atoms with Crippen LogP contribution >= 0.6 is 0 Å². The van der Waals surface area contributed by atoms with Crippen molar-refractivity contribution in [1.82, 2.24) is 0 Å². The van der Waals surface area contributed by atoms with Gasteiger partial charge in [-0.1, -0.05) is 211 Å². The van der Waals surface area contributed by atoms with Crippen LogP contribution in [-0.2, 0) is 44.9 Å². The van der Waals surface area contributed by atoms with Crippen LogP contribution in [0.5, 0.6) is 0 Å². The molecular formula is C114H116. The molecule has 0 spiro atoms. The molecule has 0 atom stereocenters. The summed E-state index contributed by atoms with van der Waals surface area (Å²) in [6.07, 6.45) is 7.75. The fourth-order valence-electron chi connectivity index (χ4n) is 20.0. The van der Waals surface area contributed by atoms with Gasteiger partial charge in [0.2, 0.25) is 0 Å². The van der Waals surface area contributed by atoms with Crippen molar-refractivity contribution >= 4 is 0 Å². The van der Waals surface area contributed by atoms with Gasteiger partial charge in [-0.2, -0.15) is 0 Å². The standard InChI is InChI=1S/2C17H18.5C16H16/c1-10-6-5-7-14-9-15-12(3)8-11(2)13(4)17(15)16(10)14;1-10-11(2)13(4)17-15-8-6-5-7-14(15)9-16(17)12(10)3;1-10-4-7-15-14(8-10)9-13-6-5-11(2)12(3)16(13)15;1-10-4-6-13-9-14-7-5-11(2)12(3)16(14)15(13)8-10;1-10-7-8-13-9-15-11(2)5-4-6-14(15)16(13)12(10)3;1-10-7-8-14-9-13-6-4-5-11(2)15(13)16(14)12(10)3;1-10-8-14-9-13-6-4-5-7-15(13)16(14)12(3)11(10)2/h2*5-8H,9H2,1-4H3;5*4-8H,9H2,1-3H3. The first-order valence-electron chi connectivity index (χ1n) is 41.9. The molecule has 0 bridgehead atoms. The molecule has 0 saturated heterocycles. The van der Waals surface area contributed by atoms with Crippen LogP contribution in [0.15, 0.2) is 200 Å². The van der Waals surface area contributed by atoms with Crippen LogP contribution in [0, 0.1) is 159 Å². The summed E-state index contributed by atoms with van der Waals surface area (Å²) >= 11 is 0. The second kappa shape index (κ2) is 31.5. The Hall–Kier alpha value is -10.9. The maximum atomic E-state index is 2.36. The second-order valence-corrected chi connectivity index (χ2v) is 34.7. The quantitative estimate of drug-likeness (QED) is 0.142. The van der Waals surface area contributed by atoms with Gasteiger partial charge in [-0.25, -0.2) is 0 Å². The second-order valence-electron chi connectivity index (χ2n) is 34.7. The van der Waals surface area contributed by atoms with Crippen molar-refractivity contribution in [1.29, 1.82) is 0 Å². The van der Waals surface area contributed by atoms with E-state index in [2.05, 4.69) is 359 Å². The van der Waals surface area contributed by atoms with E-state index in [9.17, 15) is 0 Å². The highest BCUT2D eigenvalue weighted by atomic mass is 14.3. The van der Waals surface area contributed by atoms with Gasteiger partial charge in [-0.05, 0) is 477 Å². The monoisotopic (exact) mass is 1480 g/mol. The molecule has 0 radical (unpaired) electrons. The number of aryl methyl sites for hydroxylation is 12. The SMILES string of the molecule is Cc1c(C)c(C)c2c(c1C)Cc1ccccc1-2.Cc1cc(C)c2c(c1C)-c1c(C)cccc1C2.Cc1cc2c(c(C)c1C)-c1ccccc1C2.Cc1ccc2c(c1)-c1c(ccc(C)c1C)C2.Cc1ccc2c(c1)Cc1ccc(C)c(C)c1-2.Cc1ccc2c(c1C)-c1c(C)cccc1C2.Cc1ccc2c(c1C)-c1cccc(C)c1C2. The molecule has 0 N–H and O–H groups in total. The number of benzene rings is 14. The fraction of sp³-hybridized carbons (Fsp3) is 0.263. The average Bonchev–Trinajstić information content (AvgIpc) is 1.73. The minimum atomic E-state index is 1.10. The summed E-state index contributed by atoms with van der Waals surface area (Å²) in [6, 6.07) is 74.0. The lowest BCUT2D eigenvalue weighted by atomic mass is 9.89. The first-order valence-corrected chi connectivity index (χ1v) is 41.9. The lowest BCUT2D eigenvalue weighted by molar-refractivity contribution is 1.15. The molecule has 7 aliphatic rings. The van der Waals surface area contributed by atoms with Crippen LogP contribution in [0.1, 0.15) is 206 Å². The molecule has 0 heteroatoms. The van der Waals surface area contributed by atoms with E-state index in [0.29, 0.717) is 0 Å². The summed E-state index contributed by atoms with van der Waals surface area (Å²) in [7, 11) is 0. The van der Waals surface area contributed by atoms with E-state index in [1.54, 1.807) is 5.56 Å². The topological polar surface area (TPSA) is 0 Å². The van der Waals surface area contributed by atoms with E-state index >= 15 is 0 Å². The van der Waals surface area contributed by atoms with Crippen molar-refractivity contribution < 1.29 is 0 Å². The van der Waals surface area contributed by atoms with Crippen molar-refractivity contribution in [3.8, 4) is 77.9 Å². The Balaban J connectivity index is 0.000000105. The van der Waals surface area contributed by atoms with Gasteiger partial charge < -0.3 is 0 Å². The van der Waals surface area contributed by atoms with E-state index in [0.717, 1.165) is 44.9 Å². The molecule has 7 aliphatic carbocycles. The van der Waals surface area contributed by atoms with E-state index in [1.807, 2.05) is 0 Å². The number of fused-ring (bicyclic) bond motifs is 21. The van der Waals surface area contributed by atoms with Crippen molar-refractivity contribution in [3.63, 3.8) is 0 Å². The van der Waals surface area contributed by atoms with Gasteiger partial charge in [0, 0.05) is 0 Å². The maximum absolute atomic E-state index is 2.36. The van der Waals surface area contributed by atoms with Crippen LogP contribution in [-0.4, -0.2) is 0 Å². The minimum absolute atomic E-state index is 1.10. The third-order valence-electron chi connectivity index (χ3n) is 27.7. The normalized spacial score (nSPS) is 12.4. The molecule has 14 aromatic carbocycles. The summed E-state index contributed by atoms with van der Waals surface area (Å²) < 4.78 is 0. The highest BCUT2D eigenvalue weighted by Gasteiger charge is 2.30. The molecule has 0 saturated carbocycles. The van der Waals surface area contributed by atoms with Crippen molar-refractivity contribution in [3.05, 3.63) is 406 Å². The third kappa shape index (κ3) is 14.2. The largest absolute Gasteiger partial charge is 0.0619 e. The van der Waals surface area contributed by atoms with Crippen molar-refractivity contribution in [2.45, 2.75) is 204 Å². The third-order valence-corrected chi connectivity index (χ3v) is 27.7. The Morgan fingerprint density at radius 2 is 0.500 bits per heavy atom. The Kier molecular flexibility index (Phi) is 21.6. The summed E-state index contributed by atoms with van der Waals surface area (Å²) in [6.45, 7) is 51.2. The van der Waals surface area contributed by atoms with Crippen LogP contribution in [0.4, 0.5) is 0 Å². The van der Waals surface area contributed by atoms with Crippen LogP contribution in [0.2, 0.25) is 0 Å². The van der Waals surface area contributed by atoms with Gasteiger partial charge in [-0.3, -0.25) is 0 Å². The van der Waals surface area contributed by atoms with E-state index in [1.165, 1.54) is 278 Å². The van der Waals surface area contributed by atoms with Crippen molar-refractivity contribution in [2.75, 3.05) is 0 Å². The molecular weight excluding hydrogens is 1370 g/mol. The van der Waals surface area contributed by atoms with Gasteiger partial charge in [0.1, 0.15) is 0 Å². The van der Waals surface area contributed by atoms with Crippen LogP contribution in [0.25, 0.3) is 77.9 Å². The first-order chi connectivity index (χ1) is 54.6. The summed E-state index contributed by atoms with van der Waals surface area (Å²) in [5.41, 5.74) is 74.5. The fourth-order valence-corrected chi connectivity index (χ4v) is 20.0. The predicted molar refractivity (Wildman–Crippen MR) is 492 cm³/mol. The molecule has 0 aliphatic heterocycles. The lowest BCUT2D eigenvalue weighted by Gasteiger charge is -2.16. The van der Waals surface area contributed by atoms with Gasteiger partial charge in [0.15, 0.2) is 0 Å². The van der Waals surface area contributed by atoms with Crippen LogP contribution < -0.4 is 0 Å². The molecule has 0 aromatic heterocycles.